The van der Waals surface area contributed by atoms with Gasteiger partial charge in [-0.3, -0.25) is 14.7 Å². The van der Waals surface area contributed by atoms with E-state index in [0.29, 0.717) is 26.4 Å². The summed E-state index contributed by atoms with van der Waals surface area (Å²) in [6.45, 7) is 16.5. The molecule has 0 spiro atoms. The van der Waals surface area contributed by atoms with Crippen LogP contribution >= 0.6 is 0 Å². The Balaban J connectivity index is 1.69. The van der Waals surface area contributed by atoms with Gasteiger partial charge in [0.05, 0.1) is 52.9 Å². The highest BCUT2D eigenvalue weighted by atomic mass is 16.5. The Hall–Kier alpha value is -1.06. The molecule has 1 aromatic carbocycles. The largest absolute Gasteiger partial charge is 0.378 e. The van der Waals surface area contributed by atoms with Crippen LogP contribution in [-0.4, -0.2) is 120 Å². The molecule has 0 amide bonds. The van der Waals surface area contributed by atoms with Gasteiger partial charge in [-0.2, -0.15) is 0 Å². The van der Waals surface area contributed by atoms with Crippen molar-refractivity contribution in [3.63, 3.8) is 0 Å². The van der Waals surface area contributed by atoms with Crippen molar-refractivity contribution in [1.29, 1.82) is 0 Å². The number of nitrogens with zero attached hydrogens (tertiary/aromatic N) is 3. The molecule has 176 valence electrons. The summed E-state index contributed by atoms with van der Waals surface area (Å²) in [4.78, 5) is 7.50. The molecule has 0 N–H and O–H groups in total. The Bertz CT molecular complexity index is 539. The van der Waals surface area contributed by atoms with Gasteiger partial charge < -0.3 is 18.9 Å². The first-order valence-corrected chi connectivity index (χ1v) is 11.8. The fraction of sp³-hybridized carbons (Fsp3) is 0.750. The van der Waals surface area contributed by atoms with Crippen molar-refractivity contribution in [2.45, 2.75) is 13.5 Å². The monoisotopic (exact) mass is 435 g/mol. The Morgan fingerprint density at radius 3 is 1.39 bits per heavy atom. The molecular weight excluding hydrogens is 394 g/mol. The zero-order chi connectivity index (χ0) is 21.6. The zero-order valence-corrected chi connectivity index (χ0v) is 19.3. The second-order valence-electron chi connectivity index (χ2n) is 8.39. The zero-order valence-electron chi connectivity index (χ0n) is 19.3. The van der Waals surface area contributed by atoms with Crippen LogP contribution in [0.5, 0.6) is 0 Å². The molecule has 2 aliphatic heterocycles. The summed E-state index contributed by atoms with van der Waals surface area (Å²) in [5.74, 6) is 0. The minimum Gasteiger partial charge on any atom is -0.378 e. The standard InChI is InChI=1S/C24H41N3O4/c1-23-2-4-24(5-3-23)22-27-8-6-25-10-14-28-18-20-30-16-12-26(7-9-27)13-17-31-21-19-29-15-11-25/h2-5H,6-22H2,1H3. The van der Waals surface area contributed by atoms with Gasteiger partial charge in [0.25, 0.3) is 0 Å². The third-order valence-electron chi connectivity index (χ3n) is 5.94. The molecule has 3 rings (SSSR count). The van der Waals surface area contributed by atoms with Gasteiger partial charge in [-0.1, -0.05) is 29.8 Å². The van der Waals surface area contributed by atoms with Gasteiger partial charge in [0.1, 0.15) is 0 Å². The number of rotatable bonds is 2. The minimum absolute atomic E-state index is 0.660. The van der Waals surface area contributed by atoms with Crippen molar-refractivity contribution >= 4 is 0 Å². The van der Waals surface area contributed by atoms with Crippen molar-refractivity contribution in [2.24, 2.45) is 0 Å². The molecule has 2 fully saturated rings. The van der Waals surface area contributed by atoms with E-state index >= 15 is 0 Å². The molecule has 0 saturated carbocycles. The van der Waals surface area contributed by atoms with Gasteiger partial charge in [0.15, 0.2) is 0 Å². The van der Waals surface area contributed by atoms with Crippen LogP contribution in [0.25, 0.3) is 0 Å². The second-order valence-corrected chi connectivity index (χ2v) is 8.39. The molecule has 31 heavy (non-hydrogen) atoms. The first kappa shape index (κ1) is 24.6. The molecule has 2 heterocycles. The molecule has 0 radical (unpaired) electrons. The van der Waals surface area contributed by atoms with Crippen molar-refractivity contribution < 1.29 is 18.9 Å². The fourth-order valence-corrected chi connectivity index (χ4v) is 3.88. The molecule has 0 aromatic heterocycles. The Morgan fingerprint density at radius 1 is 0.548 bits per heavy atom. The smallest absolute Gasteiger partial charge is 0.0701 e. The summed E-state index contributed by atoms with van der Waals surface area (Å²) in [7, 11) is 0. The number of aryl methyl sites for hydroxylation is 1. The second kappa shape index (κ2) is 14.9. The van der Waals surface area contributed by atoms with Crippen molar-refractivity contribution in [3.05, 3.63) is 35.4 Å². The van der Waals surface area contributed by atoms with Crippen molar-refractivity contribution in [3.8, 4) is 0 Å². The van der Waals surface area contributed by atoms with Crippen LogP contribution in [0.3, 0.4) is 0 Å². The average Bonchev–Trinajstić information content (AvgIpc) is 2.79. The van der Waals surface area contributed by atoms with Crippen LogP contribution in [0.15, 0.2) is 24.3 Å². The van der Waals surface area contributed by atoms with Crippen LogP contribution in [0.1, 0.15) is 11.1 Å². The van der Waals surface area contributed by atoms with E-state index in [4.69, 9.17) is 18.9 Å². The Labute approximate surface area is 188 Å². The lowest BCUT2D eigenvalue weighted by molar-refractivity contribution is 0.00977. The summed E-state index contributed by atoms with van der Waals surface area (Å²) in [6.07, 6.45) is 0. The van der Waals surface area contributed by atoms with E-state index in [1.807, 2.05) is 0 Å². The molecule has 0 atom stereocenters. The number of hydrogen-bond donors (Lipinski definition) is 0. The highest BCUT2D eigenvalue weighted by molar-refractivity contribution is 5.21. The predicted molar refractivity (Wildman–Crippen MR) is 123 cm³/mol. The van der Waals surface area contributed by atoms with E-state index in [1.54, 1.807) is 0 Å². The van der Waals surface area contributed by atoms with Gasteiger partial charge in [0, 0.05) is 58.9 Å². The summed E-state index contributed by atoms with van der Waals surface area (Å²) in [6, 6.07) is 8.93. The maximum absolute atomic E-state index is 5.81. The van der Waals surface area contributed by atoms with E-state index in [-0.39, 0.29) is 0 Å². The van der Waals surface area contributed by atoms with Crippen LogP contribution in [0.2, 0.25) is 0 Å². The lowest BCUT2D eigenvalue weighted by atomic mass is 10.1. The van der Waals surface area contributed by atoms with Crippen LogP contribution in [0.4, 0.5) is 0 Å². The lowest BCUT2D eigenvalue weighted by Crippen LogP contribution is -2.42. The van der Waals surface area contributed by atoms with Gasteiger partial charge >= 0.3 is 0 Å². The van der Waals surface area contributed by atoms with Gasteiger partial charge in [-0.05, 0) is 12.5 Å². The number of hydrogen-bond acceptors (Lipinski definition) is 7. The predicted octanol–water partition coefficient (Wildman–Crippen LogP) is 1.49. The fourth-order valence-electron chi connectivity index (χ4n) is 3.88. The maximum Gasteiger partial charge on any atom is 0.0701 e. The normalized spacial score (nSPS) is 26.9. The first-order valence-electron chi connectivity index (χ1n) is 11.8. The summed E-state index contributed by atoms with van der Waals surface area (Å²) < 4.78 is 23.2. The molecule has 2 saturated heterocycles. The van der Waals surface area contributed by atoms with Crippen LogP contribution in [0, 0.1) is 6.92 Å². The summed E-state index contributed by atoms with van der Waals surface area (Å²) >= 11 is 0. The van der Waals surface area contributed by atoms with Crippen LogP contribution in [-0.2, 0) is 25.5 Å². The highest BCUT2D eigenvalue weighted by Gasteiger charge is 2.14. The van der Waals surface area contributed by atoms with Gasteiger partial charge in [-0.25, -0.2) is 0 Å². The first-order chi connectivity index (χ1) is 15.3. The number of ether oxygens (including phenoxy) is 4. The van der Waals surface area contributed by atoms with Crippen molar-refractivity contribution in [2.75, 3.05) is 105 Å². The molecule has 0 unspecified atom stereocenters. The van der Waals surface area contributed by atoms with Crippen molar-refractivity contribution in [1.82, 2.24) is 14.7 Å². The third kappa shape index (κ3) is 10.4. The molecule has 7 nitrogen and oxygen atoms in total. The number of fused-ring (bicyclic) bond motifs is 6. The molecule has 7 heteroatoms. The minimum atomic E-state index is 0.660. The molecule has 2 bridgehead atoms. The highest BCUT2D eigenvalue weighted by Crippen LogP contribution is 2.08. The lowest BCUT2D eigenvalue weighted by Gasteiger charge is -2.30. The molecule has 2 aliphatic rings. The number of benzene rings is 1. The molecule has 1 aromatic rings. The SMILES string of the molecule is Cc1ccc(CN2CCN3CCOCCOCCN(CCOCCOCC3)CC2)cc1. The third-order valence-corrected chi connectivity index (χ3v) is 5.94. The Morgan fingerprint density at radius 2 is 0.968 bits per heavy atom. The maximum atomic E-state index is 5.81. The Kier molecular flexibility index (Phi) is 11.8. The van der Waals surface area contributed by atoms with Crippen LogP contribution < -0.4 is 0 Å². The topological polar surface area (TPSA) is 46.6 Å². The van der Waals surface area contributed by atoms with E-state index in [0.717, 1.165) is 85.3 Å². The quantitative estimate of drug-likeness (QED) is 0.653. The van der Waals surface area contributed by atoms with E-state index in [2.05, 4.69) is 45.9 Å². The summed E-state index contributed by atoms with van der Waals surface area (Å²) in [5.41, 5.74) is 2.68. The van der Waals surface area contributed by atoms with Gasteiger partial charge in [-0.15, -0.1) is 0 Å². The molecular formula is C24H41N3O4. The average molecular weight is 436 g/mol. The van der Waals surface area contributed by atoms with E-state index in [1.165, 1.54) is 11.1 Å². The molecule has 0 aliphatic carbocycles. The van der Waals surface area contributed by atoms with E-state index < -0.39 is 0 Å². The summed E-state index contributed by atoms with van der Waals surface area (Å²) in [5, 5.41) is 0. The van der Waals surface area contributed by atoms with E-state index in [9.17, 15) is 0 Å². The van der Waals surface area contributed by atoms with Gasteiger partial charge in [0.2, 0.25) is 0 Å².